The van der Waals surface area contributed by atoms with E-state index in [1.54, 1.807) is 0 Å². The first-order chi connectivity index (χ1) is 6.77. The minimum absolute atomic E-state index is 0.0596. The van der Waals surface area contributed by atoms with Crippen molar-refractivity contribution >= 4 is 5.91 Å². The lowest BCUT2D eigenvalue weighted by Gasteiger charge is -2.34. The van der Waals surface area contributed by atoms with Gasteiger partial charge in [-0.3, -0.25) is 9.69 Å². The molecule has 2 N–H and O–H groups in total. The Bertz CT molecular complexity index is 214. The lowest BCUT2D eigenvalue weighted by Crippen LogP contribution is -2.46. The summed E-state index contributed by atoms with van der Waals surface area (Å²) in [5, 5.41) is 0. The third-order valence-corrected chi connectivity index (χ3v) is 3.28. The Kier molecular flexibility index (Phi) is 3.03. The summed E-state index contributed by atoms with van der Waals surface area (Å²) in [4.78, 5) is 13.4. The number of rotatable bonds is 2. The molecule has 0 aromatic heterocycles. The van der Waals surface area contributed by atoms with E-state index in [1.807, 2.05) is 0 Å². The minimum Gasteiger partial charge on any atom is -0.380 e. The standard InChI is InChI=1S/C10H18N2O2/c11-10(13)8-2-1-4-12(6-8)9-3-5-14-7-9/h8-9H,1-7H2,(H2,11,13)/t8?,9-/m0/s1. The molecule has 0 radical (unpaired) electrons. The smallest absolute Gasteiger partial charge is 0.221 e. The van der Waals surface area contributed by atoms with Crippen LogP contribution in [0.2, 0.25) is 0 Å². The molecule has 0 spiro atoms. The van der Waals surface area contributed by atoms with Crippen LogP contribution in [-0.4, -0.2) is 43.2 Å². The highest BCUT2D eigenvalue weighted by atomic mass is 16.5. The van der Waals surface area contributed by atoms with Gasteiger partial charge in [0.05, 0.1) is 12.5 Å². The monoisotopic (exact) mass is 198 g/mol. The molecule has 4 nitrogen and oxygen atoms in total. The van der Waals surface area contributed by atoms with Gasteiger partial charge in [0.1, 0.15) is 0 Å². The van der Waals surface area contributed by atoms with Gasteiger partial charge in [-0.2, -0.15) is 0 Å². The first-order valence-corrected chi connectivity index (χ1v) is 5.38. The summed E-state index contributed by atoms with van der Waals surface area (Å²) in [6.45, 7) is 3.62. The second-order valence-electron chi connectivity index (χ2n) is 4.25. The molecule has 2 rings (SSSR count). The fraction of sp³-hybridized carbons (Fsp3) is 0.900. The van der Waals surface area contributed by atoms with Crippen molar-refractivity contribution < 1.29 is 9.53 Å². The Labute approximate surface area is 84.4 Å². The van der Waals surface area contributed by atoms with Crippen molar-refractivity contribution in [2.45, 2.75) is 25.3 Å². The van der Waals surface area contributed by atoms with Crippen LogP contribution in [0.25, 0.3) is 0 Å². The van der Waals surface area contributed by atoms with Gasteiger partial charge in [-0.1, -0.05) is 0 Å². The van der Waals surface area contributed by atoms with Crippen molar-refractivity contribution in [3.8, 4) is 0 Å². The molecular weight excluding hydrogens is 180 g/mol. The molecule has 2 aliphatic heterocycles. The van der Waals surface area contributed by atoms with Gasteiger partial charge in [0, 0.05) is 19.2 Å². The van der Waals surface area contributed by atoms with Crippen LogP contribution in [0.1, 0.15) is 19.3 Å². The number of nitrogens with two attached hydrogens (primary N) is 1. The highest BCUT2D eigenvalue weighted by Gasteiger charge is 2.30. The average Bonchev–Trinajstić information content (AvgIpc) is 2.71. The molecule has 2 saturated heterocycles. The number of carbonyl (C=O) groups is 1. The van der Waals surface area contributed by atoms with Crippen LogP contribution < -0.4 is 5.73 Å². The summed E-state index contributed by atoms with van der Waals surface area (Å²) in [6.07, 6.45) is 3.15. The van der Waals surface area contributed by atoms with Gasteiger partial charge in [0.15, 0.2) is 0 Å². The van der Waals surface area contributed by atoms with Gasteiger partial charge in [0.2, 0.25) is 5.91 Å². The first kappa shape index (κ1) is 9.93. The van der Waals surface area contributed by atoms with Crippen molar-refractivity contribution in [1.29, 1.82) is 0 Å². The van der Waals surface area contributed by atoms with E-state index in [0.717, 1.165) is 45.6 Å². The molecule has 0 aromatic rings. The number of hydrogen-bond donors (Lipinski definition) is 1. The third kappa shape index (κ3) is 2.07. The Morgan fingerprint density at radius 3 is 2.93 bits per heavy atom. The van der Waals surface area contributed by atoms with Crippen LogP contribution in [0, 0.1) is 5.92 Å². The van der Waals surface area contributed by atoms with Gasteiger partial charge < -0.3 is 10.5 Å². The summed E-state index contributed by atoms with van der Waals surface area (Å²) in [5.41, 5.74) is 5.33. The van der Waals surface area contributed by atoms with Crippen LogP contribution in [-0.2, 0) is 9.53 Å². The molecule has 80 valence electrons. The van der Waals surface area contributed by atoms with Crippen LogP contribution in [0.15, 0.2) is 0 Å². The Morgan fingerprint density at radius 1 is 1.43 bits per heavy atom. The maximum atomic E-state index is 11.1. The van der Waals surface area contributed by atoms with E-state index in [4.69, 9.17) is 10.5 Å². The molecule has 2 fully saturated rings. The summed E-state index contributed by atoms with van der Waals surface area (Å²) in [6, 6.07) is 0.525. The largest absolute Gasteiger partial charge is 0.380 e. The van der Waals surface area contributed by atoms with E-state index in [-0.39, 0.29) is 11.8 Å². The Balaban J connectivity index is 1.89. The number of nitrogens with zero attached hydrogens (tertiary/aromatic N) is 1. The van der Waals surface area contributed by atoms with Crippen molar-refractivity contribution in [2.75, 3.05) is 26.3 Å². The number of piperidine rings is 1. The highest BCUT2D eigenvalue weighted by molar-refractivity contribution is 5.76. The average molecular weight is 198 g/mol. The predicted octanol–water partition coefficient (Wildman–Crippen LogP) is -0.0274. The van der Waals surface area contributed by atoms with E-state index in [0.29, 0.717) is 6.04 Å². The summed E-state index contributed by atoms with van der Waals surface area (Å²) in [7, 11) is 0. The minimum atomic E-state index is -0.145. The number of carbonyl (C=O) groups excluding carboxylic acids is 1. The predicted molar refractivity (Wildman–Crippen MR) is 52.7 cm³/mol. The van der Waals surface area contributed by atoms with Crippen molar-refractivity contribution in [1.82, 2.24) is 4.90 Å². The van der Waals surface area contributed by atoms with Crippen LogP contribution in [0.3, 0.4) is 0 Å². The lowest BCUT2D eigenvalue weighted by molar-refractivity contribution is -0.123. The highest BCUT2D eigenvalue weighted by Crippen LogP contribution is 2.21. The van der Waals surface area contributed by atoms with Crippen LogP contribution >= 0.6 is 0 Å². The molecule has 0 aromatic carbocycles. The summed E-state index contributed by atoms with van der Waals surface area (Å²) < 4.78 is 5.35. The van der Waals surface area contributed by atoms with Gasteiger partial charge in [0.25, 0.3) is 0 Å². The fourth-order valence-electron chi connectivity index (χ4n) is 2.38. The number of hydrogen-bond acceptors (Lipinski definition) is 3. The van der Waals surface area contributed by atoms with Crippen LogP contribution in [0.5, 0.6) is 0 Å². The number of primary amides is 1. The third-order valence-electron chi connectivity index (χ3n) is 3.28. The Hall–Kier alpha value is -0.610. The summed E-state index contributed by atoms with van der Waals surface area (Å²) in [5.74, 6) is -0.0852. The van der Waals surface area contributed by atoms with E-state index in [1.165, 1.54) is 0 Å². The van der Waals surface area contributed by atoms with Crippen molar-refractivity contribution in [3.63, 3.8) is 0 Å². The molecule has 14 heavy (non-hydrogen) atoms. The lowest BCUT2D eigenvalue weighted by atomic mass is 9.96. The molecule has 1 amide bonds. The van der Waals surface area contributed by atoms with Gasteiger partial charge in [-0.25, -0.2) is 0 Å². The van der Waals surface area contributed by atoms with Gasteiger partial charge in [-0.15, -0.1) is 0 Å². The molecule has 2 atom stereocenters. The fourth-order valence-corrected chi connectivity index (χ4v) is 2.38. The molecule has 0 aliphatic carbocycles. The molecule has 1 unspecified atom stereocenters. The van der Waals surface area contributed by atoms with E-state index in [9.17, 15) is 4.79 Å². The SMILES string of the molecule is NC(=O)C1CCCN([C@H]2CCOC2)C1. The maximum absolute atomic E-state index is 11.1. The van der Waals surface area contributed by atoms with Crippen molar-refractivity contribution in [2.24, 2.45) is 11.7 Å². The zero-order valence-electron chi connectivity index (χ0n) is 8.45. The van der Waals surface area contributed by atoms with E-state index in [2.05, 4.69) is 4.90 Å². The maximum Gasteiger partial charge on any atom is 0.221 e. The molecule has 4 heteroatoms. The van der Waals surface area contributed by atoms with Crippen LogP contribution in [0.4, 0.5) is 0 Å². The second kappa shape index (κ2) is 4.28. The molecule has 0 saturated carbocycles. The normalized spacial score (nSPS) is 34.6. The molecule has 2 aliphatic rings. The summed E-state index contributed by atoms with van der Waals surface area (Å²) >= 11 is 0. The zero-order chi connectivity index (χ0) is 9.97. The molecule has 2 heterocycles. The quantitative estimate of drug-likeness (QED) is 0.678. The second-order valence-corrected chi connectivity index (χ2v) is 4.25. The van der Waals surface area contributed by atoms with E-state index >= 15 is 0 Å². The zero-order valence-corrected chi connectivity index (χ0v) is 8.45. The van der Waals surface area contributed by atoms with E-state index < -0.39 is 0 Å². The van der Waals surface area contributed by atoms with Gasteiger partial charge in [-0.05, 0) is 25.8 Å². The number of amides is 1. The molecule has 0 bridgehead atoms. The molecular formula is C10H18N2O2. The number of likely N-dealkylation sites (tertiary alicyclic amines) is 1. The van der Waals surface area contributed by atoms with Crippen molar-refractivity contribution in [3.05, 3.63) is 0 Å². The first-order valence-electron chi connectivity index (χ1n) is 5.38. The topological polar surface area (TPSA) is 55.6 Å². The number of ether oxygens (including phenoxy) is 1. The Morgan fingerprint density at radius 2 is 2.29 bits per heavy atom. The van der Waals surface area contributed by atoms with Gasteiger partial charge >= 0.3 is 0 Å².